The van der Waals surface area contributed by atoms with E-state index < -0.39 is 5.92 Å². The third kappa shape index (κ3) is 2.46. The minimum Gasteiger partial charge on any atom is -0.508 e. The van der Waals surface area contributed by atoms with Crippen molar-refractivity contribution in [2.24, 2.45) is 5.73 Å². The van der Waals surface area contributed by atoms with Crippen molar-refractivity contribution in [3.05, 3.63) is 59.0 Å². The molecular weight excluding hydrogens is 308 g/mol. The van der Waals surface area contributed by atoms with Gasteiger partial charge in [0.2, 0.25) is 5.88 Å². The van der Waals surface area contributed by atoms with Gasteiger partial charge in [-0.05, 0) is 23.8 Å². The lowest BCUT2D eigenvalue weighted by Gasteiger charge is -2.26. The first-order valence-corrected chi connectivity index (χ1v) is 7.21. The SMILES string of the molecule is COc1ccc([C@@H]2C(C#N)=C(N)Oc3cc(O)ccc32)cc1OC. The van der Waals surface area contributed by atoms with E-state index in [0.29, 0.717) is 22.8 Å². The summed E-state index contributed by atoms with van der Waals surface area (Å²) in [6.45, 7) is 0. The van der Waals surface area contributed by atoms with Gasteiger partial charge in [-0.3, -0.25) is 0 Å². The highest BCUT2D eigenvalue weighted by molar-refractivity contribution is 5.58. The van der Waals surface area contributed by atoms with E-state index in [1.807, 2.05) is 6.07 Å². The highest BCUT2D eigenvalue weighted by Gasteiger charge is 2.31. The first kappa shape index (κ1) is 15.6. The van der Waals surface area contributed by atoms with Gasteiger partial charge in [0.15, 0.2) is 11.5 Å². The number of aromatic hydroxyl groups is 1. The second kappa shape index (κ2) is 6.05. The van der Waals surface area contributed by atoms with E-state index in [1.165, 1.54) is 6.07 Å². The average molecular weight is 324 g/mol. The van der Waals surface area contributed by atoms with Crippen LogP contribution >= 0.6 is 0 Å². The molecule has 1 aliphatic heterocycles. The maximum absolute atomic E-state index is 9.67. The Balaban J connectivity index is 2.20. The van der Waals surface area contributed by atoms with Gasteiger partial charge in [-0.2, -0.15) is 5.26 Å². The van der Waals surface area contributed by atoms with Crippen LogP contribution in [-0.4, -0.2) is 19.3 Å². The Bertz CT molecular complexity index is 868. The molecule has 0 radical (unpaired) electrons. The molecule has 0 saturated carbocycles. The third-order valence-electron chi connectivity index (χ3n) is 3.94. The zero-order valence-corrected chi connectivity index (χ0v) is 13.2. The molecule has 6 nitrogen and oxygen atoms in total. The molecule has 0 fully saturated rings. The van der Waals surface area contributed by atoms with Crippen LogP contribution in [0.1, 0.15) is 17.0 Å². The van der Waals surface area contributed by atoms with Crippen LogP contribution in [-0.2, 0) is 0 Å². The topological polar surface area (TPSA) is 97.7 Å². The van der Waals surface area contributed by atoms with Crippen molar-refractivity contribution < 1.29 is 19.3 Å². The summed E-state index contributed by atoms with van der Waals surface area (Å²) in [7, 11) is 3.11. The lowest BCUT2D eigenvalue weighted by Crippen LogP contribution is -2.21. The van der Waals surface area contributed by atoms with Gasteiger partial charge in [0.1, 0.15) is 23.1 Å². The van der Waals surface area contributed by atoms with Crippen LogP contribution < -0.4 is 19.9 Å². The van der Waals surface area contributed by atoms with Crippen molar-refractivity contribution in [3.8, 4) is 29.1 Å². The first-order chi connectivity index (χ1) is 11.6. The second-order valence-electron chi connectivity index (χ2n) is 5.26. The molecule has 0 unspecified atom stereocenters. The molecule has 0 spiro atoms. The lowest BCUT2D eigenvalue weighted by atomic mass is 9.83. The van der Waals surface area contributed by atoms with Crippen molar-refractivity contribution in [3.63, 3.8) is 0 Å². The molecule has 0 amide bonds. The number of rotatable bonds is 3. The van der Waals surface area contributed by atoms with Crippen LogP contribution in [0.3, 0.4) is 0 Å². The molecule has 0 saturated heterocycles. The zero-order chi connectivity index (χ0) is 17.3. The smallest absolute Gasteiger partial charge is 0.205 e. The molecule has 1 heterocycles. The van der Waals surface area contributed by atoms with E-state index >= 15 is 0 Å². The first-order valence-electron chi connectivity index (χ1n) is 7.21. The van der Waals surface area contributed by atoms with Crippen LogP contribution in [0.2, 0.25) is 0 Å². The summed E-state index contributed by atoms with van der Waals surface area (Å²) < 4.78 is 16.1. The average Bonchev–Trinajstić information content (AvgIpc) is 2.59. The van der Waals surface area contributed by atoms with Crippen LogP contribution in [0.25, 0.3) is 0 Å². The summed E-state index contributed by atoms with van der Waals surface area (Å²) in [6.07, 6.45) is 0. The second-order valence-corrected chi connectivity index (χ2v) is 5.26. The summed E-state index contributed by atoms with van der Waals surface area (Å²) in [6, 6.07) is 12.3. The summed E-state index contributed by atoms with van der Waals surface area (Å²) >= 11 is 0. The van der Waals surface area contributed by atoms with Crippen molar-refractivity contribution in [1.29, 1.82) is 5.26 Å². The molecule has 0 bridgehead atoms. The van der Waals surface area contributed by atoms with Crippen molar-refractivity contribution in [2.45, 2.75) is 5.92 Å². The van der Waals surface area contributed by atoms with E-state index in [1.54, 1.807) is 38.5 Å². The summed E-state index contributed by atoms with van der Waals surface area (Å²) in [5, 5.41) is 19.2. The Labute approximate surface area is 139 Å². The largest absolute Gasteiger partial charge is 0.508 e. The molecule has 24 heavy (non-hydrogen) atoms. The molecule has 1 atom stereocenters. The number of hydrogen-bond acceptors (Lipinski definition) is 6. The molecule has 6 heteroatoms. The molecular formula is C18H16N2O4. The number of nitriles is 1. The Kier molecular flexibility index (Phi) is 3.92. The molecule has 1 aliphatic rings. The van der Waals surface area contributed by atoms with Crippen LogP contribution in [0.4, 0.5) is 0 Å². The van der Waals surface area contributed by atoms with Crippen LogP contribution in [0, 0.1) is 11.3 Å². The monoisotopic (exact) mass is 324 g/mol. The number of phenolic OH excluding ortho intramolecular Hbond substituents is 1. The van der Waals surface area contributed by atoms with E-state index in [2.05, 4.69) is 6.07 Å². The molecule has 2 aromatic rings. The predicted octanol–water partition coefficient (Wildman–Crippen LogP) is 2.63. The van der Waals surface area contributed by atoms with Crippen LogP contribution in [0.5, 0.6) is 23.0 Å². The zero-order valence-electron chi connectivity index (χ0n) is 13.2. The Morgan fingerprint density at radius 1 is 1.12 bits per heavy atom. The number of fused-ring (bicyclic) bond motifs is 1. The van der Waals surface area contributed by atoms with E-state index in [9.17, 15) is 10.4 Å². The third-order valence-corrected chi connectivity index (χ3v) is 3.94. The van der Waals surface area contributed by atoms with Gasteiger partial charge in [0.25, 0.3) is 0 Å². The number of ether oxygens (including phenoxy) is 3. The summed E-state index contributed by atoms with van der Waals surface area (Å²) in [4.78, 5) is 0. The number of benzene rings is 2. The Hall–Kier alpha value is -3.33. The highest BCUT2D eigenvalue weighted by Crippen LogP contribution is 2.44. The number of nitrogens with zero attached hydrogens (tertiary/aromatic N) is 1. The summed E-state index contributed by atoms with van der Waals surface area (Å²) in [5.41, 5.74) is 7.76. The Morgan fingerprint density at radius 3 is 2.54 bits per heavy atom. The normalized spacial score (nSPS) is 16.0. The predicted molar refractivity (Wildman–Crippen MR) is 87.0 cm³/mol. The van der Waals surface area contributed by atoms with Crippen molar-refractivity contribution in [1.82, 2.24) is 0 Å². The van der Waals surface area contributed by atoms with Gasteiger partial charge in [0.05, 0.1) is 20.1 Å². The molecule has 2 aromatic carbocycles. The maximum atomic E-state index is 9.67. The maximum Gasteiger partial charge on any atom is 0.205 e. The number of allylic oxidation sites excluding steroid dienone is 1. The molecule has 3 rings (SSSR count). The number of hydrogen-bond donors (Lipinski definition) is 2. The van der Waals surface area contributed by atoms with Crippen molar-refractivity contribution in [2.75, 3.05) is 14.2 Å². The molecule has 0 aliphatic carbocycles. The highest BCUT2D eigenvalue weighted by atomic mass is 16.5. The fourth-order valence-electron chi connectivity index (χ4n) is 2.82. The minimum absolute atomic E-state index is 0.0235. The van der Waals surface area contributed by atoms with Gasteiger partial charge < -0.3 is 25.1 Å². The number of methoxy groups -OCH3 is 2. The van der Waals surface area contributed by atoms with Gasteiger partial charge in [-0.15, -0.1) is 0 Å². The van der Waals surface area contributed by atoms with Gasteiger partial charge in [0, 0.05) is 11.6 Å². The lowest BCUT2D eigenvalue weighted by molar-refractivity contribution is 0.354. The fraction of sp³-hybridized carbons (Fsp3) is 0.167. The standard InChI is InChI=1S/C18H16N2O4/c1-22-14-6-3-10(7-16(14)23-2)17-12-5-4-11(21)8-15(12)24-18(20)13(17)9-19/h3-8,17,21H,20H2,1-2H3/t17-/m0/s1. The Morgan fingerprint density at radius 2 is 1.88 bits per heavy atom. The molecule has 0 aromatic heterocycles. The minimum atomic E-state index is -0.417. The van der Waals surface area contributed by atoms with E-state index in [0.717, 1.165) is 11.1 Å². The van der Waals surface area contributed by atoms with Gasteiger partial charge >= 0.3 is 0 Å². The van der Waals surface area contributed by atoms with Crippen molar-refractivity contribution >= 4 is 0 Å². The molecule has 3 N–H and O–H groups in total. The number of nitrogens with two attached hydrogens (primary N) is 1. The van der Waals surface area contributed by atoms with Gasteiger partial charge in [-0.1, -0.05) is 12.1 Å². The molecule has 122 valence electrons. The van der Waals surface area contributed by atoms with Crippen LogP contribution in [0.15, 0.2) is 47.9 Å². The quantitative estimate of drug-likeness (QED) is 0.900. The fourth-order valence-corrected chi connectivity index (χ4v) is 2.82. The summed E-state index contributed by atoms with van der Waals surface area (Å²) in [5.74, 6) is 1.24. The number of phenols is 1. The van der Waals surface area contributed by atoms with E-state index in [-0.39, 0.29) is 11.6 Å². The van der Waals surface area contributed by atoms with Gasteiger partial charge in [-0.25, -0.2) is 0 Å². The van der Waals surface area contributed by atoms with E-state index in [4.69, 9.17) is 19.9 Å².